The van der Waals surface area contributed by atoms with Gasteiger partial charge in [0.05, 0.1) is 37.3 Å². The number of hydrogen-bond acceptors (Lipinski definition) is 7. The molecule has 0 bridgehead atoms. The Labute approximate surface area is 255 Å². The SMILES string of the molecule is CCC1(CC)CC(=O)N([C@H](CCN2CCOCC2)c2cccc(C(=O)N[C@H]3CC(C(F)(F)F)Oc4ccccc43)c2)C(N)=N1. The summed E-state index contributed by atoms with van der Waals surface area (Å²) in [6.45, 7) is 7.47. The molecule has 3 aliphatic rings. The number of rotatable bonds is 9. The van der Waals surface area contributed by atoms with E-state index in [9.17, 15) is 22.8 Å². The molecule has 238 valence electrons. The molecule has 0 radical (unpaired) electrons. The summed E-state index contributed by atoms with van der Waals surface area (Å²) in [6, 6.07) is 11.9. The second kappa shape index (κ2) is 13.2. The molecule has 0 saturated carbocycles. The molecule has 3 heterocycles. The van der Waals surface area contributed by atoms with E-state index in [1.807, 2.05) is 19.9 Å². The largest absolute Gasteiger partial charge is 0.480 e. The predicted molar refractivity (Wildman–Crippen MR) is 159 cm³/mol. The van der Waals surface area contributed by atoms with Crippen molar-refractivity contribution in [2.45, 2.75) is 75.9 Å². The Kier molecular flexibility index (Phi) is 9.50. The van der Waals surface area contributed by atoms with Gasteiger partial charge in [-0.25, -0.2) is 4.99 Å². The van der Waals surface area contributed by atoms with Crippen molar-refractivity contribution in [3.63, 3.8) is 0 Å². The lowest BCUT2D eigenvalue weighted by atomic mass is 9.87. The Hall–Kier alpha value is -3.64. The van der Waals surface area contributed by atoms with Gasteiger partial charge in [-0.15, -0.1) is 0 Å². The summed E-state index contributed by atoms with van der Waals surface area (Å²) in [6.07, 6.45) is -4.92. The van der Waals surface area contributed by atoms with Crippen molar-refractivity contribution in [2.75, 3.05) is 32.8 Å². The van der Waals surface area contributed by atoms with Gasteiger partial charge in [-0.05, 0) is 43.0 Å². The topological polar surface area (TPSA) is 109 Å². The number of fused-ring (bicyclic) bond motifs is 1. The van der Waals surface area contributed by atoms with Gasteiger partial charge in [0.25, 0.3) is 5.91 Å². The van der Waals surface area contributed by atoms with Gasteiger partial charge in [0.1, 0.15) is 5.75 Å². The van der Waals surface area contributed by atoms with E-state index in [1.54, 1.807) is 41.3 Å². The van der Waals surface area contributed by atoms with Crippen LogP contribution >= 0.6 is 0 Å². The van der Waals surface area contributed by atoms with E-state index < -0.39 is 42.2 Å². The smallest absolute Gasteiger partial charge is 0.425 e. The third-order valence-corrected chi connectivity index (χ3v) is 9.02. The van der Waals surface area contributed by atoms with Gasteiger partial charge in [-0.3, -0.25) is 19.4 Å². The minimum Gasteiger partial charge on any atom is -0.480 e. The molecule has 3 atom stereocenters. The quantitative estimate of drug-likeness (QED) is 0.422. The lowest BCUT2D eigenvalue weighted by Gasteiger charge is -2.41. The molecule has 0 aliphatic carbocycles. The van der Waals surface area contributed by atoms with Gasteiger partial charge in [-0.2, -0.15) is 13.2 Å². The molecule has 2 aromatic rings. The van der Waals surface area contributed by atoms with Crippen LogP contribution in [-0.4, -0.2) is 78.2 Å². The number of alkyl halides is 3. The average Bonchev–Trinajstić information content (AvgIpc) is 3.02. The number of hydrogen-bond donors (Lipinski definition) is 2. The lowest BCUT2D eigenvalue weighted by molar-refractivity contribution is -0.201. The number of para-hydroxylation sites is 1. The molecule has 3 N–H and O–H groups in total. The number of guanidine groups is 1. The fraction of sp³-hybridized carbons (Fsp3) is 0.531. The summed E-state index contributed by atoms with van der Waals surface area (Å²) in [5.74, 6) is -0.398. The Morgan fingerprint density at radius 3 is 2.55 bits per heavy atom. The van der Waals surface area contributed by atoms with Crippen LogP contribution in [0.15, 0.2) is 53.5 Å². The highest BCUT2D eigenvalue weighted by Gasteiger charge is 2.46. The normalized spacial score (nSPS) is 22.9. The first kappa shape index (κ1) is 31.8. The van der Waals surface area contributed by atoms with E-state index >= 15 is 0 Å². The van der Waals surface area contributed by atoms with E-state index in [4.69, 9.17) is 20.2 Å². The summed E-state index contributed by atoms with van der Waals surface area (Å²) in [4.78, 5) is 35.8. The van der Waals surface area contributed by atoms with Crippen LogP contribution in [0.5, 0.6) is 5.75 Å². The maximum Gasteiger partial charge on any atom is 0.425 e. The van der Waals surface area contributed by atoms with Crippen LogP contribution in [0, 0.1) is 0 Å². The number of carbonyl (C=O) groups excluding carboxylic acids is 2. The summed E-state index contributed by atoms with van der Waals surface area (Å²) >= 11 is 0. The number of halogens is 3. The Bertz CT molecular complexity index is 1370. The third-order valence-electron chi connectivity index (χ3n) is 9.02. The minimum absolute atomic E-state index is 0.0944. The van der Waals surface area contributed by atoms with Gasteiger partial charge >= 0.3 is 6.18 Å². The van der Waals surface area contributed by atoms with E-state index in [2.05, 4.69) is 10.2 Å². The molecular formula is C32H40F3N5O4. The van der Waals surface area contributed by atoms with Crippen LogP contribution in [0.2, 0.25) is 0 Å². The first-order valence-electron chi connectivity index (χ1n) is 15.2. The summed E-state index contributed by atoms with van der Waals surface area (Å²) in [5.41, 5.74) is 7.40. The molecule has 12 heteroatoms. The lowest BCUT2D eigenvalue weighted by Crippen LogP contribution is -2.53. The zero-order chi connectivity index (χ0) is 31.5. The van der Waals surface area contributed by atoms with Crippen LogP contribution in [0.25, 0.3) is 0 Å². The highest BCUT2D eigenvalue weighted by atomic mass is 19.4. The molecule has 3 aliphatic heterocycles. The van der Waals surface area contributed by atoms with E-state index in [1.165, 1.54) is 6.07 Å². The van der Waals surface area contributed by atoms with Crippen LogP contribution in [-0.2, 0) is 9.53 Å². The van der Waals surface area contributed by atoms with Crippen molar-refractivity contribution in [1.82, 2.24) is 15.1 Å². The fourth-order valence-electron chi connectivity index (χ4n) is 6.28. The van der Waals surface area contributed by atoms with Crippen molar-refractivity contribution >= 4 is 17.8 Å². The Balaban J connectivity index is 1.42. The third kappa shape index (κ3) is 6.86. The second-order valence-corrected chi connectivity index (χ2v) is 11.7. The van der Waals surface area contributed by atoms with E-state index in [0.29, 0.717) is 50.1 Å². The van der Waals surface area contributed by atoms with Gasteiger partial charge in [0, 0.05) is 37.2 Å². The number of carbonyl (C=O) groups is 2. The fourth-order valence-corrected chi connectivity index (χ4v) is 6.28. The summed E-state index contributed by atoms with van der Waals surface area (Å²) in [7, 11) is 0. The molecule has 2 amide bonds. The van der Waals surface area contributed by atoms with Gasteiger partial charge in [-0.1, -0.05) is 44.2 Å². The molecule has 0 aromatic heterocycles. The van der Waals surface area contributed by atoms with E-state index in [0.717, 1.165) is 13.1 Å². The van der Waals surface area contributed by atoms with Crippen molar-refractivity contribution in [3.05, 3.63) is 65.2 Å². The van der Waals surface area contributed by atoms with Gasteiger partial charge < -0.3 is 20.5 Å². The molecule has 0 spiro atoms. The van der Waals surface area contributed by atoms with Gasteiger partial charge in [0.15, 0.2) is 12.1 Å². The highest BCUT2D eigenvalue weighted by molar-refractivity contribution is 6.00. The number of morpholine rings is 1. The number of nitrogens with one attached hydrogen (secondary N) is 1. The average molecular weight is 616 g/mol. The molecule has 1 fully saturated rings. The summed E-state index contributed by atoms with van der Waals surface area (Å²) < 4.78 is 51.6. The molecule has 5 rings (SSSR count). The van der Waals surface area contributed by atoms with Crippen LogP contribution < -0.4 is 15.8 Å². The van der Waals surface area contributed by atoms with Crippen LogP contribution in [0.1, 0.15) is 79.5 Å². The van der Waals surface area contributed by atoms with Crippen LogP contribution in [0.3, 0.4) is 0 Å². The van der Waals surface area contributed by atoms with E-state index in [-0.39, 0.29) is 29.6 Å². The highest BCUT2D eigenvalue weighted by Crippen LogP contribution is 2.40. The van der Waals surface area contributed by atoms with Crippen molar-refractivity contribution in [1.29, 1.82) is 0 Å². The van der Waals surface area contributed by atoms with Crippen molar-refractivity contribution in [2.24, 2.45) is 10.7 Å². The number of nitrogens with two attached hydrogens (primary N) is 1. The molecule has 2 aromatic carbocycles. The zero-order valence-corrected chi connectivity index (χ0v) is 25.1. The van der Waals surface area contributed by atoms with Crippen molar-refractivity contribution in [3.8, 4) is 5.75 Å². The number of aliphatic imine (C=N–C) groups is 1. The first-order chi connectivity index (χ1) is 21.0. The van der Waals surface area contributed by atoms with Crippen molar-refractivity contribution < 1.29 is 32.2 Å². The Morgan fingerprint density at radius 1 is 1.14 bits per heavy atom. The number of nitrogens with zero attached hydrogens (tertiary/aromatic N) is 3. The predicted octanol–water partition coefficient (Wildman–Crippen LogP) is 4.74. The monoisotopic (exact) mass is 615 g/mol. The second-order valence-electron chi connectivity index (χ2n) is 11.7. The standard InChI is InChI=1S/C32H40F3N5O4/c1-3-31(4-2)20-28(41)40(30(36)38-31)25(12-13-39-14-16-43-17-15-39)21-8-7-9-22(18-21)29(42)37-24-19-27(32(33,34)35)44-26-11-6-5-10-23(24)26/h5-11,18,24-25,27H,3-4,12-17,19-20H2,1-2H3,(H2,36,38)(H,37,42)/t24-,25+,27?/m0/s1. The maximum absolute atomic E-state index is 13.7. The number of benzene rings is 2. The van der Waals surface area contributed by atoms with Gasteiger partial charge in [0.2, 0.25) is 5.91 Å². The Morgan fingerprint density at radius 2 is 1.86 bits per heavy atom. The molecular weight excluding hydrogens is 575 g/mol. The maximum atomic E-state index is 13.7. The minimum atomic E-state index is -4.58. The zero-order valence-electron chi connectivity index (χ0n) is 25.1. The molecule has 44 heavy (non-hydrogen) atoms. The number of ether oxygens (including phenoxy) is 2. The molecule has 1 saturated heterocycles. The molecule has 1 unspecified atom stereocenters. The molecule has 9 nitrogen and oxygen atoms in total. The number of amides is 2. The van der Waals surface area contributed by atoms with Crippen LogP contribution in [0.4, 0.5) is 13.2 Å². The summed E-state index contributed by atoms with van der Waals surface area (Å²) in [5, 5.41) is 2.80. The first-order valence-corrected chi connectivity index (χ1v) is 15.2.